The molecule has 0 spiro atoms. The van der Waals surface area contributed by atoms with E-state index in [1.807, 2.05) is 0 Å². The van der Waals surface area contributed by atoms with Gasteiger partial charge in [0.2, 0.25) is 0 Å². The Morgan fingerprint density at radius 3 is 2.45 bits per heavy atom. The molecule has 1 saturated heterocycles. The van der Waals surface area contributed by atoms with Crippen LogP contribution in [0, 0.1) is 6.92 Å². The summed E-state index contributed by atoms with van der Waals surface area (Å²) in [4.78, 5) is 14.5. The van der Waals surface area contributed by atoms with E-state index in [0.29, 0.717) is 0 Å². The average molecular weight is 406 g/mol. The predicted octanol–water partition coefficient (Wildman–Crippen LogP) is 4.17. The number of piperidine rings is 1. The monoisotopic (exact) mass is 406 g/mol. The number of nitrogens with one attached hydrogen (secondary N) is 1. The minimum atomic E-state index is -4.38. The van der Waals surface area contributed by atoms with Gasteiger partial charge in [-0.2, -0.15) is 13.2 Å². The summed E-state index contributed by atoms with van der Waals surface area (Å²) in [5, 5.41) is 2.95. The maximum atomic E-state index is 12.6. The number of likely N-dealkylation sites (tertiary alicyclic amines) is 1. The molecule has 0 saturated carbocycles. The first-order chi connectivity index (χ1) is 13.8. The van der Waals surface area contributed by atoms with Crippen LogP contribution in [0.1, 0.15) is 29.5 Å². The van der Waals surface area contributed by atoms with Crippen LogP contribution in [0.5, 0.6) is 5.75 Å². The van der Waals surface area contributed by atoms with E-state index in [9.17, 15) is 18.0 Å². The molecule has 1 aliphatic rings. The molecule has 0 aliphatic carbocycles. The van der Waals surface area contributed by atoms with E-state index in [4.69, 9.17) is 4.74 Å². The lowest BCUT2D eigenvalue weighted by molar-refractivity contribution is -0.137. The Morgan fingerprint density at radius 1 is 1.14 bits per heavy atom. The maximum Gasteiger partial charge on any atom is 0.416 e. The molecule has 156 valence electrons. The number of rotatable bonds is 6. The van der Waals surface area contributed by atoms with E-state index < -0.39 is 11.7 Å². The number of ether oxygens (including phenoxy) is 1. The van der Waals surface area contributed by atoms with E-state index in [0.717, 1.165) is 44.6 Å². The van der Waals surface area contributed by atoms with Crippen molar-refractivity contribution in [3.8, 4) is 5.75 Å². The second-order valence-corrected chi connectivity index (χ2v) is 7.42. The molecule has 1 N–H and O–H groups in total. The van der Waals surface area contributed by atoms with Crippen molar-refractivity contribution in [1.82, 2.24) is 10.2 Å². The Kier molecular flexibility index (Phi) is 6.79. The summed E-state index contributed by atoms with van der Waals surface area (Å²) in [6, 6.07) is 12.9. The van der Waals surface area contributed by atoms with Crippen LogP contribution >= 0.6 is 0 Å². The van der Waals surface area contributed by atoms with Crippen molar-refractivity contribution in [2.45, 2.75) is 38.5 Å². The summed E-state index contributed by atoms with van der Waals surface area (Å²) in [5.41, 5.74) is 1.79. The van der Waals surface area contributed by atoms with Crippen LogP contribution in [0.25, 0.3) is 0 Å². The zero-order valence-electron chi connectivity index (χ0n) is 16.3. The SMILES string of the molecule is Cc1cccc(CN2CCC(NC(=O)COc3ccc(C(F)(F)F)cc3)CC2)c1. The summed E-state index contributed by atoms with van der Waals surface area (Å²) >= 11 is 0. The quantitative estimate of drug-likeness (QED) is 0.783. The van der Waals surface area contributed by atoms with Crippen LogP contribution in [-0.2, 0) is 17.5 Å². The van der Waals surface area contributed by atoms with Crippen LogP contribution in [0.4, 0.5) is 13.2 Å². The molecule has 1 amide bonds. The Bertz CT molecular complexity index is 814. The first-order valence-corrected chi connectivity index (χ1v) is 9.67. The first kappa shape index (κ1) is 21.2. The van der Waals surface area contributed by atoms with Crippen molar-refractivity contribution in [1.29, 1.82) is 0 Å². The van der Waals surface area contributed by atoms with Crippen molar-refractivity contribution in [3.05, 3.63) is 65.2 Å². The van der Waals surface area contributed by atoms with E-state index in [-0.39, 0.29) is 24.3 Å². The van der Waals surface area contributed by atoms with Gasteiger partial charge >= 0.3 is 6.18 Å². The Labute approximate surface area is 168 Å². The Balaban J connectivity index is 1.38. The van der Waals surface area contributed by atoms with Gasteiger partial charge in [0.15, 0.2) is 6.61 Å². The van der Waals surface area contributed by atoms with Gasteiger partial charge in [-0.3, -0.25) is 9.69 Å². The summed E-state index contributed by atoms with van der Waals surface area (Å²) < 4.78 is 43.0. The highest BCUT2D eigenvalue weighted by Gasteiger charge is 2.30. The molecule has 0 bridgehead atoms. The molecule has 2 aromatic carbocycles. The number of alkyl halides is 3. The fourth-order valence-corrected chi connectivity index (χ4v) is 3.46. The van der Waals surface area contributed by atoms with Crippen molar-refractivity contribution in [3.63, 3.8) is 0 Å². The molecule has 29 heavy (non-hydrogen) atoms. The molecular weight excluding hydrogens is 381 g/mol. The number of hydrogen-bond acceptors (Lipinski definition) is 3. The van der Waals surface area contributed by atoms with E-state index in [1.54, 1.807) is 0 Å². The third-order valence-corrected chi connectivity index (χ3v) is 4.99. The maximum absolute atomic E-state index is 12.6. The Hall–Kier alpha value is -2.54. The number of nitrogens with zero attached hydrogens (tertiary/aromatic N) is 1. The van der Waals surface area contributed by atoms with Crippen LogP contribution < -0.4 is 10.1 Å². The number of hydrogen-bond donors (Lipinski definition) is 1. The largest absolute Gasteiger partial charge is 0.484 e. The van der Waals surface area contributed by atoms with Crippen LogP contribution in [0.15, 0.2) is 48.5 Å². The fraction of sp³-hybridized carbons (Fsp3) is 0.409. The topological polar surface area (TPSA) is 41.6 Å². The highest BCUT2D eigenvalue weighted by Crippen LogP contribution is 2.30. The lowest BCUT2D eigenvalue weighted by atomic mass is 10.0. The second kappa shape index (κ2) is 9.31. The molecule has 2 aromatic rings. The summed E-state index contributed by atoms with van der Waals surface area (Å²) in [7, 11) is 0. The first-order valence-electron chi connectivity index (χ1n) is 9.67. The van der Waals surface area contributed by atoms with Crippen LogP contribution in [-0.4, -0.2) is 36.5 Å². The number of carbonyl (C=O) groups is 1. The molecule has 7 heteroatoms. The minimum Gasteiger partial charge on any atom is -0.484 e. The predicted molar refractivity (Wildman–Crippen MR) is 105 cm³/mol. The normalized spacial score (nSPS) is 15.9. The van der Waals surface area contributed by atoms with Gasteiger partial charge in [-0.1, -0.05) is 29.8 Å². The van der Waals surface area contributed by atoms with Gasteiger partial charge in [-0.05, 0) is 49.6 Å². The molecule has 0 aromatic heterocycles. The van der Waals surface area contributed by atoms with E-state index in [2.05, 4.69) is 41.4 Å². The lowest BCUT2D eigenvalue weighted by Crippen LogP contribution is -2.45. The molecule has 0 atom stereocenters. The van der Waals surface area contributed by atoms with Crippen molar-refractivity contribution in [2.24, 2.45) is 0 Å². The lowest BCUT2D eigenvalue weighted by Gasteiger charge is -2.32. The highest BCUT2D eigenvalue weighted by molar-refractivity contribution is 5.77. The van der Waals surface area contributed by atoms with Crippen LogP contribution in [0.3, 0.4) is 0 Å². The highest BCUT2D eigenvalue weighted by atomic mass is 19.4. The fourth-order valence-electron chi connectivity index (χ4n) is 3.46. The summed E-state index contributed by atoms with van der Waals surface area (Å²) in [6.07, 6.45) is -2.67. The summed E-state index contributed by atoms with van der Waals surface area (Å²) in [5.74, 6) is -0.0249. The molecule has 1 aliphatic heterocycles. The second-order valence-electron chi connectivity index (χ2n) is 7.42. The third kappa shape index (κ3) is 6.49. The molecule has 1 fully saturated rings. The van der Waals surface area contributed by atoms with Gasteiger partial charge in [0.05, 0.1) is 5.56 Å². The zero-order chi connectivity index (χ0) is 20.9. The zero-order valence-corrected chi connectivity index (χ0v) is 16.3. The number of carbonyl (C=O) groups excluding carboxylic acids is 1. The van der Waals surface area contributed by atoms with Gasteiger partial charge in [-0.25, -0.2) is 0 Å². The molecule has 1 heterocycles. The van der Waals surface area contributed by atoms with Crippen LogP contribution in [0.2, 0.25) is 0 Å². The third-order valence-electron chi connectivity index (χ3n) is 4.99. The average Bonchev–Trinajstić information content (AvgIpc) is 2.68. The van der Waals surface area contributed by atoms with Crippen molar-refractivity contribution in [2.75, 3.05) is 19.7 Å². The standard InChI is InChI=1S/C22H25F3N2O2/c1-16-3-2-4-17(13-16)14-27-11-9-19(10-12-27)26-21(28)15-29-20-7-5-18(6-8-20)22(23,24)25/h2-8,13,19H,9-12,14-15H2,1H3,(H,26,28). The van der Waals surface area contributed by atoms with Crippen molar-refractivity contribution < 1.29 is 22.7 Å². The number of halogens is 3. The molecule has 0 unspecified atom stereocenters. The number of amides is 1. The van der Waals surface area contributed by atoms with Gasteiger partial charge in [0.25, 0.3) is 5.91 Å². The van der Waals surface area contributed by atoms with Gasteiger partial charge in [-0.15, -0.1) is 0 Å². The number of benzene rings is 2. The van der Waals surface area contributed by atoms with Gasteiger partial charge < -0.3 is 10.1 Å². The number of aryl methyl sites for hydroxylation is 1. The summed E-state index contributed by atoms with van der Waals surface area (Å²) in [6.45, 7) is 4.57. The Morgan fingerprint density at radius 2 is 1.83 bits per heavy atom. The van der Waals surface area contributed by atoms with Gasteiger partial charge in [0.1, 0.15) is 5.75 Å². The van der Waals surface area contributed by atoms with E-state index >= 15 is 0 Å². The molecular formula is C22H25F3N2O2. The molecule has 3 rings (SSSR count). The molecule has 4 nitrogen and oxygen atoms in total. The van der Waals surface area contributed by atoms with Gasteiger partial charge in [0, 0.05) is 25.7 Å². The smallest absolute Gasteiger partial charge is 0.416 e. The van der Waals surface area contributed by atoms with Crippen molar-refractivity contribution >= 4 is 5.91 Å². The molecule has 0 radical (unpaired) electrons. The van der Waals surface area contributed by atoms with E-state index in [1.165, 1.54) is 23.3 Å². The minimum absolute atomic E-state index is 0.0902.